The second-order valence-electron chi connectivity index (χ2n) is 6.30. The van der Waals surface area contributed by atoms with Crippen molar-refractivity contribution in [3.8, 4) is 0 Å². The van der Waals surface area contributed by atoms with Crippen molar-refractivity contribution in [1.82, 2.24) is 0 Å². The van der Waals surface area contributed by atoms with Crippen LogP contribution in [0.4, 0.5) is 5.69 Å². The summed E-state index contributed by atoms with van der Waals surface area (Å²) in [5.41, 5.74) is 0.719. The molecule has 4 atom stereocenters. The molecule has 2 aliphatic rings. The fraction of sp³-hybridized carbons (Fsp3) is 0.529. The summed E-state index contributed by atoms with van der Waals surface area (Å²) in [6.45, 7) is 0. The molecule has 24 heavy (non-hydrogen) atoms. The van der Waals surface area contributed by atoms with Crippen LogP contribution in [0.5, 0.6) is 0 Å². The molecule has 7 heteroatoms. The predicted molar refractivity (Wildman–Crippen MR) is 83.2 cm³/mol. The first-order chi connectivity index (χ1) is 11.5. The molecule has 0 aromatic heterocycles. The minimum absolute atomic E-state index is 0.0213. The van der Waals surface area contributed by atoms with Gasteiger partial charge in [-0.15, -0.1) is 0 Å². The maximum Gasteiger partial charge on any atom is 0.321 e. The summed E-state index contributed by atoms with van der Waals surface area (Å²) in [6, 6.07) is 6.06. The topological polar surface area (TPSA) is 95.7 Å². The second kappa shape index (κ2) is 6.59. The molecule has 1 heterocycles. The van der Waals surface area contributed by atoms with Crippen LogP contribution in [0.2, 0.25) is 0 Å². The Balaban J connectivity index is 2.00. The monoisotopic (exact) mass is 333 g/mol. The average Bonchev–Trinajstić information content (AvgIpc) is 2.60. The number of nitro benzene ring substituents is 1. The summed E-state index contributed by atoms with van der Waals surface area (Å²) in [7, 11) is 1.25. The van der Waals surface area contributed by atoms with Crippen molar-refractivity contribution in [2.45, 2.75) is 37.7 Å². The highest BCUT2D eigenvalue weighted by Gasteiger charge is 2.50. The predicted octanol–water partition coefficient (Wildman–Crippen LogP) is 2.58. The number of rotatable bonds is 3. The van der Waals surface area contributed by atoms with Gasteiger partial charge in [-0.25, -0.2) is 0 Å². The molecule has 2 fully saturated rings. The molecule has 0 bridgehead atoms. The molecule has 0 unspecified atom stereocenters. The molecule has 1 aliphatic heterocycles. The van der Waals surface area contributed by atoms with E-state index in [9.17, 15) is 19.7 Å². The molecular formula is C17H19NO6. The van der Waals surface area contributed by atoms with E-state index in [4.69, 9.17) is 9.47 Å². The summed E-state index contributed by atoms with van der Waals surface area (Å²) in [6.07, 6.45) is 3.44. The molecule has 3 rings (SSSR count). The molecule has 128 valence electrons. The van der Waals surface area contributed by atoms with Gasteiger partial charge in [0.15, 0.2) is 5.92 Å². The van der Waals surface area contributed by atoms with E-state index in [2.05, 4.69) is 0 Å². The lowest BCUT2D eigenvalue weighted by Crippen LogP contribution is -2.48. The Morgan fingerprint density at radius 1 is 1.25 bits per heavy atom. The number of carbonyl (C=O) groups excluding carboxylic acids is 2. The third-order valence-corrected chi connectivity index (χ3v) is 5.04. The van der Waals surface area contributed by atoms with Crippen molar-refractivity contribution in [3.05, 3.63) is 39.9 Å². The SMILES string of the molecule is COC(=O)[C@H]1C(=O)O[C@H]2CCCC[C@H]2[C@@H]1c1ccc([N+](=O)[O-])cc1. The third-order valence-electron chi connectivity index (χ3n) is 5.04. The second-order valence-corrected chi connectivity index (χ2v) is 6.30. The van der Waals surface area contributed by atoms with E-state index in [0.29, 0.717) is 0 Å². The van der Waals surface area contributed by atoms with E-state index in [1.165, 1.54) is 19.2 Å². The molecule has 0 radical (unpaired) electrons. The normalized spacial score (nSPS) is 29.3. The van der Waals surface area contributed by atoms with Gasteiger partial charge >= 0.3 is 11.9 Å². The summed E-state index contributed by atoms with van der Waals surface area (Å²) < 4.78 is 10.3. The van der Waals surface area contributed by atoms with Gasteiger partial charge in [-0.1, -0.05) is 18.6 Å². The van der Waals surface area contributed by atoms with Crippen LogP contribution in [0, 0.1) is 22.0 Å². The number of methoxy groups -OCH3 is 1. The molecule has 7 nitrogen and oxygen atoms in total. The lowest BCUT2D eigenvalue weighted by molar-refractivity contribution is -0.384. The lowest BCUT2D eigenvalue weighted by atomic mass is 9.67. The molecule has 0 amide bonds. The minimum atomic E-state index is -1.02. The fourth-order valence-corrected chi connectivity index (χ4v) is 3.93. The van der Waals surface area contributed by atoms with Crippen LogP contribution in [-0.2, 0) is 19.1 Å². The van der Waals surface area contributed by atoms with Crippen molar-refractivity contribution < 1.29 is 24.0 Å². The van der Waals surface area contributed by atoms with E-state index in [1.807, 2.05) is 0 Å². The quantitative estimate of drug-likeness (QED) is 0.365. The number of esters is 2. The molecule has 0 spiro atoms. The number of hydrogen-bond acceptors (Lipinski definition) is 6. The standard InChI is InChI=1S/C17H19NO6/c1-23-16(19)15-14(10-6-8-11(9-7-10)18(21)22)12-4-2-3-5-13(12)24-17(15)20/h6-9,12-15H,2-5H2,1H3/t12-,13+,14+,15+/m1/s1. The summed E-state index contributed by atoms with van der Waals surface area (Å²) in [5.74, 6) is -2.54. The maximum atomic E-state index is 12.4. The van der Waals surface area contributed by atoms with Crippen LogP contribution in [0.25, 0.3) is 0 Å². The Labute approximate surface area is 139 Å². The number of ether oxygens (including phenoxy) is 2. The number of benzene rings is 1. The highest BCUT2D eigenvalue weighted by Crippen LogP contribution is 2.46. The highest BCUT2D eigenvalue weighted by atomic mass is 16.6. The zero-order valence-electron chi connectivity index (χ0n) is 13.3. The van der Waals surface area contributed by atoms with E-state index < -0.39 is 22.8 Å². The number of nitrogens with zero attached hydrogens (tertiary/aromatic N) is 1. The zero-order chi connectivity index (χ0) is 17.3. The van der Waals surface area contributed by atoms with E-state index in [0.717, 1.165) is 31.2 Å². The first kappa shape index (κ1) is 16.4. The Kier molecular flexibility index (Phi) is 4.51. The molecular weight excluding hydrogens is 314 g/mol. The van der Waals surface area contributed by atoms with Crippen LogP contribution in [-0.4, -0.2) is 30.1 Å². The fourth-order valence-electron chi connectivity index (χ4n) is 3.93. The lowest BCUT2D eigenvalue weighted by Gasteiger charge is -2.43. The van der Waals surface area contributed by atoms with Crippen molar-refractivity contribution in [3.63, 3.8) is 0 Å². The van der Waals surface area contributed by atoms with Crippen LogP contribution in [0.15, 0.2) is 24.3 Å². The van der Waals surface area contributed by atoms with Crippen molar-refractivity contribution in [2.24, 2.45) is 11.8 Å². The third kappa shape index (κ3) is 2.86. The van der Waals surface area contributed by atoms with E-state index >= 15 is 0 Å². The molecule has 1 aliphatic carbocycles. The van der Waals surface area contributed by atoms with Crippen molar-refractivity contribution in [1.29, 1.82) is 0 Å². The summed E-state index contributed by atoms with van der Waals surface area (Å²) in [4.78, 5) is 34.9. The van der Waals surface area contributed by atoms with Crippen LogP contribution >= 0.6 is 0 Å². The minimum Gasteiger partial charge on any atom is -0.468 e. The molecule has 1 aromatic rings. The van der Waals surface area contributed by atoms with E-state index in [-0.39, 0.29) is 23.6 Å². The maximum absolute atomic E-state index is 12.4. The van der Waals surface area contributed by atoms with Gasteiger partial charge in [0, 0.05) is 24.0 Å². The van der Waals surface area contributed by atoms with Gasteiger partial charge in [0.25, 0.3) is 5.69 Å². The molecule has 1 aromatic carbocycles. The molecule has 1 saturated carbocycles. The largest absolute Gasteiger partial charge is 0.468 e. The highest BCUT2D eigenvalue weighted by molar-refractivity contribution is 5.96. The Morgan fingerprint density at radius 2 is 1.92 bits per heavy atom. The summed E-state index contributed by atoms with van der Waals surface area (Å²) >= 11 is 0. The number of carbonyl (C=O) groups is 2. The van der Waals surface area contributed by atoms with Crippen LogP contribution in [0.1, 0.15) is 37.2 Å². The van der Waals surface area contributed by atoms with Gasteiger partial charge in [0.1, 0.15) is 6.10 Å². The van der Waals surface area contributed by atoms with Gasteiger partial charge < -0.3 is 9.47 Å². The zero-order valence-corrected chi connectivity index (χ0v) is 13.3. The van der Waals surface area contributed by atoms with E-state index in [1.54, 1.807) is 12.1 Å². The number of non-ortho nitro benzene ring substituents is 1. The molecule has 0 N–H and O–H groups in total. The average molecular weight is 333 g/mol. The van der Waals surface area contributed by atoms with Gasteiger partial charge in [-0.05, 0) is 24.8 Å². The Hall–Kier alpha value is -2.44. The molecule has 1 saturated heterocycles. The van der Waals surface area contributed by atoms with Crippen molar-refractivity contribution in [2.75, 3.05) is 7.11 Å². The number of nitro groups is 1. The van der Waals surface area contributed by atoms with Gasteiger partial charge in [0.2, 0.25) is 0 Å². The van der Waals surface area contributed by atoms with Gasteiger partial charge in [-0.2, -0.15) is 0 Å². The van der Waals surface area contributed by atoms with Crippen molar-refractivity contribution >= 4 is 17.6 Å². The smallest absolute Gasteiger partial charge is 0.321 e. The Morgan fingerprint density at radius 3 is 2.54 bits per heavy atom. The van der Waals surface area contributed by atoms with Crippen LogP contribution < -0.4 is 0 Å². The number of fused-ring (bicyclic) bond motifs is 1. The number of hydrogen-bond donors (Lipinski definition) is 0. The van der Waals surface area contributed by atoms with Gasteiger partial charge in [0.05, 0.1) is 12.0 Å². The van der Waals surface area contributed by atoms with Crippen LogP contribution in [0.3, 0.4) is 0 Å². The Bertz CT molecular complexity index is 656. The summed E-state index contributed by atoms with van der Waals surface area (Å²) in [5, 5.41) is 10.8. The first-order valence-corrected chi connectivity index (χ1v) is 8.05. The first-order valence-electron chi connectivity index (χ1n) is 8.05. The van der Waals surface area contributed by atoms with Gasteiger partial charge in [-0.3, -0.25) is 19.7 Å².